The van der Waals surface area contributed by atoms with Crippen molar-refractivity contribution in [3.05, 3.63) is 35.4 Å². The number of hydrogen-bond donors (Lipinski definition) is 1. The minimum absolute atomic E-state index is 0.621. The second kappa shape index (κ2) is 7.50. The minimum Gasteiger partial charge on any atom is -0.310 e. The van der Waals surface area contributed by atoms with Crippen molar-refractivity contribution in [2.45, 2.75) is 59.5 Å². The number of nitrogens with one attached hydrogen (secondary N) is 1. The number of benzene rings is 1. The van der Waals surface area contributed by atoms with Crippen molar-refractivity contribution in [1.82, 2.24) is 5.32 Å². The van der Waals surface area contributed by atoms with Crippen molar-refractivity contribution in [2.75, 3.05) is 0 Å². The third-order valence-corrected chi connectivity index (χ3v) is 3.04. The standard InChI is InChI=1S/C16H27N/c1-5-6-14(4)17-12-16-9-7-15(8-10-16)11-13(2)3/h7-10,13-14,17H,5-6,11-12H2,1-4H3. The minimum atomic E-state index is 0.621. The highest BCUT2D eigenvalue weighted by atomic mass is 14.9. The molecule has 0 saturated heterocycles. The highest BCUT2D eigenvalue weighted by Gasteiger charge is 2.01. The SMILES string of the molecule is CCCC(C)NCc1ccc(CC(C)C)cc1. The molecule has 1 heteroatoms. The van der Waals surface area contributed by atoms with Crippen LogP contribution >= 0.6 is 0 Å². The first-order chi connectivity index (χ1) is 8.11. The van der Waals surface area contributed by atoms with E-state index in [-0.39, 0.29) is 0 Å². The van der Waals surface area contributed by atoms with Crippen molar-refractivity contribution in [3.63, 3.8) is 0 Å². The van der Waals surface area contributed by atoms with E-state index in [1.807, 2.05) is 0 Å². The Morgan fingerprint density at radius 1 is 1.00 bits per heavy atom. The normalized spacial score (nSPS) is 13.0. The second-order valence-corrected chi connectivity index (χ2v) is 5.49. The van der Waals surface area contributed by atoms with Gasteiger partial charge in [-0.05, 0) is 36.8 Å². The highest BCUT2D eigenvalue weighted by Crippen LogP contribution is 2.10. The second-order valence-electron chi connectivity index (χ2n) is 5.49. The molecule has 0 radical (unpaired) electrons. The predicted octanol–water partition coefficient (Wildman–Crippen LogP) is 4.16. The summed E-state index contributed by atoms with van der Waals surface area (Å²) in [6.07, 6.45) is 3.69. The molecule has 1 N–H and O–H groups in total. The van der Waals surface area contributed by atoms with E-state index >= 15 is 0 Å². The molecule has 0 amide bonds. The van der Waals surface area contributed by atoms with Gasteiger partial charge in [0.2, 0.25) is 0 Å². The van der Waals surface area contributed by atoms with E-state index in [2.05, 4.69) is 57.3 Å². The molecular formula is C16H27N. The van der Waals surface area contributed by atoms with Crippen molar-refractivity contribution < 1.29 is 0 Å². The van der Waals surface area contributed by atoms with Gasteiger partial charge in [-0.1, -0.05) is 51.5 Å². The van der Waals surface area contributed by atoms with Crippen LogP contribution in [0.3, 0.4) is 0 Å². The van der Waals surface area contributed by atoms with E-state index in [0.717, 1.165) is 12.5 Å². The molecule has 17 heavy (non-hydrogen) atoms. The maximum absolute atomic E-state index is 3.56. The summed E-state index contributed by atoms with van der Waals surface area (Å²) in [5.41, 5.74) is 2.84. The Bertz CT molecular complexity index is 300. The first-order valence-electron chi connectivity index (χ1n) is 6.93. The van der Waals surface area contributed by atoms with Crippen LogP contribution in [-0.4, -0.2) is 6.04 Å². The molecule has 0 aliphatic carbocycles. The maximum atomic E-state index is 3.56. The number of hydrogen-bond acceptors (Lipinski definition) is 1. The van der Waals surface area contributed by atoms with Crippen LogP contribution in [0, 0.1) is 5.92 Å². The summed E-state index contributed by atoms with van der Waals surface area (Å²) in [5.74, 6) is 0.739. The lowest BCUT2D eigenvalue weighted by atomic mass is 10.0. The lowest BCUT2D eigenvalue weighted by Gasteiger charge is -2.13. The Balaban J connectivity index is 2.40. The van der Waals surface area contributed by atoms with Crippen LogP contribution in [-0.2, 0) is 13.0 Å². The summed E-state index contributed by atoms with van der Waals surface area (Å²) in [6, 6.07) is 9.66. The van der Waals surface area contributed by atoms with Gasteiger partial charge in [0.05, 0.1) is 0 Å². The molecule has 1 atom stereocenters. The maximum Gasteiger partial charge on any atom is 0.0207 e. The van der Waals surface area contributed by atoms with Crippen LogP contribution < -0.4 is 5.32 Å². The molecule has 1 unspecified atom stereocenters. The van der Waals surface area contributed by atoms with Crippen molar-refractivity contribution in [3.8, 4) is 0 Å². The lowest BCUT2D eigenvalue weighted by molar-refractivity contribution is 0.508. The monoisotopic (exact) mass is 233 g/mol. The van der Waals surface area contributed by atoms with Crippen LogP contribution in [0.15, 0.2) is 24.3 Å². The van der Waals surface area contributed by atoms with Crippen LogP contribution in [0.25, 0.3) is 0 Å². The molecule has 0 saturated carbocycles. The quantitative estimate of drug-likeness (QED) is 0.745. The van der Waals surface area contributed by atoms with E-state index in [9.17, 15) is 0 Å². The van der Waals surface area contributed by atoms with E-state index in [4.69, 9.17) is 0 Å². The average Bonchev–Trinajstić information content (AvgIpc) is 2.28. The Labute approximate surface area is 107 Å². The highest BCUT2D eigenvalue weighted by molar-refractivity contribution is 5.22. The number of rotatable bonds is 7. The van der Waals surface area contributed by atoms with Gasteiger partial charge in [0.1, 0.15) is 0 Å². The van der Waals surface area contributed by atoms with E-state index in [1.165, 1.54) is 30.4 Å². The molecule has 1 aromatic rings. The molecule has 0 heterocycles. The fourth-order valence-corrected chi connectivity index (χ4v) is 2.09. The zero-order chi connectivity index (χ0) is 12.7. The third-order valence-electron chi connectivity index (χ3n) is 3.04. The summed E-state index contributed by atoms with van der Waals surface area (Å²) >= 11 is 0. The zero-order valence-electron chi connectivity index (χ0n) is 11.8. The van der Waals surface area contributed by atoms with Gasteiger partial charge >= 0.3 is 0 Å². The van der Waals surface area contributed by atoms with E-state index < -0.39 is 0 Å². The van der Waals surface area contributed by atoms with Gasteiger partial charge in [0.25, 0.3) is 0 Å². The zero-order valence-corrected chi connectivity index (χ0v) is 11.8. The molecule has 1 nitrogen and oxygen atoms in total. The fourth-order valence-electron chi connectivity index (χ4n) is 2.09. The Hall–Kier alpha value is -0.820. The topological polar surface area (TPSA) is 12.0 Å². The largest absolute Gasteiger partial charge is 0.310 e. The third kappa shape index (κ3) is 5.88. The fraction of sp³-hybridized carbons (Fsp3) is 0.625. The molecule has 0 aliphatic rings. The van der Waals surface area contributed by atoms with Gasteiger partial charge < -0.3 is 5.32 Å². The smallest absolute Gasteiger partial charge is 0.0207 e. The van der Waals surface area contributed by atoms with E-state index in [0.29, 0.717) is 6.04 Å². The summed E-state index contributed by atoms with van der Waals surface area (Å²) in [6.45, 7) is 10.0. The van der Waals surface area contributed by atoms with Gasteiger partial charge in [-0.2, -0.15) is 0 Å². The molecule has 1 aromatic carbocycles. The summed E-state index contributed by atoms with van der Waals surface area (Å²) in [4.78, 5) is 0. The van der Waals surface area contributed by atoms with E-state index in [1.54, 1.807) is 0 Å². The van der Waals surface area contributed by atoms with Crippen LogP contribution in [0.4, 0.5) is 0 Å². The van der Waals surface area contributed by atoms with Crippen molar-refractivity contribution in [2.24, 2.45) is 5.92 Å². The van der Waals surface area contributed by atoms with Gasteiger partial charge in [-0.25, -0.2) is 0 Å². The van der Waals surface area contributed by atoms with Gasteiger partial charge in [0, 0.05) is 12.6 Å². The predicted molar refractivity (Wildman–Crippen MR) is 76.2 cm³/mol. The summed E-state index contributed by atoms with van der Waals surface area (Å²) in [7, 11) is 0. The molecule has 0 fully saturated rings. The molecule has 0 aromatic heterocycles. The van der Waals surface area contributed by atoms with Crippen LogP contribution in [0.2, 0.25) is 0 Å². The Morgan fingerprint density at radius 2 is 1.59 bits per heavy atom. The Kier molecular flexibility index (Phi) is 6.28. The summed E-state index contributed by atoms with van der Waals surface area (Å²) < 4.78 is 0. The molecule has 0 spiro atoms. The first kappa shape index (κ1) is 14.2. The first-order valence-corrected chi connectivity index (χ1v) is 6.93. The average molecular weight is 233 g/mol. The molecular weight excluding hydrogens is 206 g/mol. The van der Waals surface area contributed by atoms with Crippen molar-refractivity contribution >= 4 is 0 Å². The molecule has 1 rings (SSSR count). The van der Waals surface area contributed by atoms with Gasteiger partial charge in [0.15, 0.2) is 0 Å². The molecule has 96 valence electrons. The van der Waals surface area contributed by atoms with Crippen LogP contribution in [0.1, 0.15) is 51.7 Å². The van der Waals surface area contributed by atoms with Gasteiger partial charge in [-0.3, -0.25) is 0 Å². The lowest BCUT2D eigenvalue weighted by Crippen LogP contribution is -2.25. The van der Waals surface area contributed by atoms with Gasteiger partial charge in [-0.15, -0.1) is 0 Å². The van der Waals surface area contributed by atoms with Crippen molar-refractivity contribution in [1.29, 1.82) is 0 Å². The molecule has 0 bridgehead atoms. The summed E-state index contributed by atoms with van der Waals surface area (Å²) in [5, 5.41) is 3.56. The Morgan fingerprint density at radius 3 is 2.12 bits per heavy atom. The molecule has 0 aliphatic heterocycles. The van der Waals surface area contributed by atoms with Crippen LogP contribution in [0.5, 0.6) is 0 Å².